The molecular formula is C11H21N3O3S. The molecule has 1 aromatic heterocycles. The molecule has 0 spiro atoms. The van der Waals surface area contributed by atoms with Crippen LogP contribution < -0.4 is 4.72 Å². The van der Waals surface area contributed by atoms with E-state index in [4.69, 9.17) is 0 Å². The van der Waals surface area contributed by atoms with Crippen molar-refractivity contribution in [2.75, 3.05) is 6.61 Å². The molecule has 7 heteroatoms. The number of nitrogens with one attached hydrogen (secondary N) is 2. The zero-order valence-corrected chi connectivity index (χ0v) is 11.8. The van der Waals surface area contributed by atoms with Gasteiger partial charge in [-0.3, -0.25) is 0 Å². The molecule has 0 bridgehead atoms. The van der Waals surface area contributed by atoms with Crippen LogP contribution in [0.5, 0.6) is 0 Å². The molecule has 0 saturated heterocycles. The maximum absolute atomic E-state index is 12.2. The second-order valence-corrected chi connectivity index (χ2v) is 5.95. The maximum atomic E-state index is 12.2. The van der Waals surface area contributed by atoms with Gasteiger partial charge in [-0.25, -0.2) is 18.1 Å². The van der Waals surface area contributed by atoms with Crippen molar-refractivity contribution in [1.29, 1.82) is 0 Å². The average molecular weight is 275 g/mol. The Labute approximate surface area is 108 Å². The predicted octanol–water partition coefficient (Wildman–Crippen LogP) is 0.801. The minimum Gasteiger partial charge on any atom is -0.394 e. The maximum Gasteiger partial charge on any atom is 0.258 e. The van der Waals surface area contributed by atoms with Crippen LogP contribution in [0.4, 0.5) is 0 Å². The van der Waals surface area contributed by atoms with E-state index in [-0.39, 0.29) is 11.6 Å². The minimum absolute atomic E-state index is 0.0408. The van der Waals surface area contributed by atoms with Gasteiger partial charge in [-0.15, -0.1) is 0 Å². The van der Waals surface area contributed by atoms with Crippen LogP contribution in [0.2, 0.25) is 0 Å². The Kier molecular flexibility index (Phi) is 4.89. The van der Waals surface area contributed by atoms with E-state index in [0.717, 1.165) is 0 Å². The summed E-state index contributed by atoms with van der Waals surface area (Å²) in [4.78, 5) is 6.73. The first-order chi connectivity index (χ1) is 8.43. The van der Waals surface area contributed by atoms with Gasteiger partial charge in [-0.05, 0) is 12.8 Å². The van der Waals surface area contributed by atoms with Gasteiger partial charge in [0.25, 0.3) is 10.0 Å². The number of sulfonamides is 1. The number of aromatic nitrogens is 2. The first-order valence-corrected chi connectivity index (χ1v) is 7.60. The van der Waals surface area contributed by atoms with E-state index in [1.165, 1.54) is 6.20 Å². The SMILES string of the molecule is CCc1ncc(S(=O)(=O)NC(CC)(CC)CO)[nH]1. The molecule has 3 N–H and O–H groups in total. The highest BCUT2D eigenvalue weighted by Crippen LogP contribution is 2.18. The number of H-pyrrole nitrogens is 1. The quantitative estimate of drug-likeness (QED) is 0.686. The summed E-state index contributed by atoms with van der Waals surface area (Å²) in [5.41, 5.74) is -0.809. The van der Waals surface area contributed by atoms with Crippen LogP contribution in [0.3, 0.4) is 0 Å². The lowest BCUT2D eigenvalue weighted by atomic mass is 9.96. The van der Waals surface area contributed by atoms with E-state index in [2.05, 4.69) is 14.7 Å². The number of rotatable bonds is 7. The van der Waals surface area contributed by atoms with Gasteiger partial charge >= 0.3 is 0 Å². The van der Waals surface area contributed by atoms with Crippen molar-refractivity contribution < 1.29 is 13.5 Å². The molecule has 1 rings (SSSR count). The van der Waals surface area contributed by atoms with Gasteiger partial charge in [-0.1, -0.05) is 20.8 Å². The Morgan fingerprint density at radius 1 is 1.39 bits per heavy atom. The van der Waals surface area contributed by atoms with Crippen molar-refractivity contribution in [3.63, 3.8) is 0 Å². The molecule has 18 heavy (non-hydrogen) atoms. The number of aliphatic hydroxyl groups is 1. The second kappa shape index (κ2) is 5.81. The van der Waals surface area contributed by atoms with Gasteiger partial charge in [-0.2, -0.15) is 0 Å². The van der Waals surface area contributed by atoms with Crippen LogP contribution in [0, 0.1) is 0 Å². The number of imidazole rings is 1. The summed E-state index contributed by atoms with van der Waals surface area (Å²) < 4.78 is 26.9. The molecule has 0 aliphatic carbocycles. The summed E-state index contributed by atoms with van der Waals surface area (Å²) in [6.45, 7) is 5.34. The summed E-state index contributed by atoms with van der Waals surface area (Å²) in [6, 6.07) is 0. The van der Waals surface area contributed by atoms with Gasteiger partial charge < -0.3 is 10.1 Å². The lowest BCUT2D eigenvalue weighted by Gasteiger charge is -2.29. The first-order valence-electron chi connectivity index (χ1n) is 6.11. The van der Waals surface area contributed by atoms with Crippen LogP contribution in [0.1, 0.15) is 39.4 Å². The highest BCUT2D eigenvalue weighted by Gasteiger charge is 2.32. The smallest absolute Gasteiger partial charge is 0.258 e. The number of hydrogen-bond donors (Lipinski definition) is 3. The predicted molar refractivity (Wildman–Crippen MR) is 68.7 cm³/mol. The van der Waals surface area contributed by atoms with Crippen molar-refractivity contribution in [1.82, 2.24) is 14.7 Å². The summed E-state index contributed by atoms with van der Waals surface area (Å²) in [5.74, 6) is 0.623. The van der Waals surface area contributed by atoms with Crippen LogP contribution in [0.25, 0.3) is 0 Å². The molecule has 0 atom stereocenters. The molecule has 0 aliphatic rings. The van der Waals surface area contributed by atoms with E-state index < -0.39 is 15.6 Å². The molecule has 1 aromatic rings. The zero-order chi connectivity index (χ0) is 13.8. The standard InChI is InChI=1S/C11H21N3O3S/c1-4-9-12-7-10(13-9)18(16,17)14-11(5-2,6-3)8-15/h7,14-15H,4-6,8H2,1-3H3,(H,12,13). The molecule has 0 amide bonds. The Balaban J connectivity index is 3.00. The number of nitrogens with zero attached hydrogens (tertiary/aromatic N) is 1. The normalized spacial score (nSPS) is 12.9. The van der Waals surface area contributed by atoms with Gasteiger partial charge in [0.2, 0.25) is 0 Å². The van der Waals surface area contributed by atoms with E-state index >= 15 is 0 Å². The number of aliphatic hydroxyl groups excluding tert-OH is 1. The molecule has 0 aromatic carbocycles. The zero-order valence-electron chi connectivity index (χ0n) is 11.0. The Morgan fingerprint density at radius 3 is 2.39 bits per heavy atom. The molecule has 6 nitrogen and oxygen atoms in total. The van der Waals surface area contributed by atoms with Gasteiger partial charge in [0.05, 0.1) is 18.3 Å². The Bertz CT molecular complexity index is 469. The van der Waals surface area contributed by atoms with Crippen molar-refractivity contribution in [2.24, 2.45) is 0 Å². The molecule has 0 fully saturated rings. The Morgan fingerprint density at radius 2 is 2.00 bits per heavy atom. The first kappa shape index (κ1) is 15.1. The summed E-state index contributed by atoms with van der Waals surface area (Å²) in [7, 11) is -3.67. The van der Waals surface area contributed by atoms with E-state index in [0.29, 0.717) is 25.1 Å². The minimum atomic E-state index is -3.67. The number of aryl methyl sites for hydroxylation is 1. The van der Waals surface area contributed by atoms with Crippen LogP contribution in [-0.4, -0.2) is 35.6 Å². The average Bonchev–Trinajstić information content (AvgIpc) is 2.85. The fourth-order valence-corrected chi connectivity index (χ4v) is 3.13. The topological polar surface area (TPSA) is 95.1 Å². The fraction of sp³-hybridized carbons (Fsp3) is 0.727. The van der Waals surface area contributed by atoms with Gasteiger partial charge in [0, 0.05) is 6.42 Å². The second-order valence-electron chi connectivity index (χ2n) is 4.30. The van der Waals surface area contributed by atoms with Crippen molar-refractivity contribution in [3.8, 4) is 0 Å². The number of hydrogen-bond acceptors (Lipinski definition) is 4. The van der Waals surface area contributed by atoms with Gasteiger partial charge in [0.1, 0.15) is 5.82 Å². The van der Waals surface area contributed by atoms with Crippen molar-refractivity contribution in [3.05, 3.63) is 12.0 Å². The highest BCUT2D eigenvalue weighted by molar-refractivity contribution is 7.89. The van der Waals surface area contributed by atoms with E-state index in [1.54, 1.807) is 0 Å². The lowest BCUT2D eigenvalue weighted by molar-refractivity contribution is 0.172. The van der Waals surface area contributed by atoms with Crippen molar-refractivity contribution in [2.45, 2.75) is 50.6 Å². The largest absolute Gasteiger partial charge is 0.394 e. The molecule has 1 heterocycles. The Hall–Kier alpha value is -0.920. The highest BCUT2D eigenvalue weighted by atomic mass is 32.2. The third-order valence-electron chi connectivity index (χ3n) is 3.24. The molecule has 0 radical (unpaired) electrons. The van der Waals surface area contributed by atoms with Crippen molar-refractivity contribution >= 4 is 10.0 Å². The van der Waals surface area contributed by atoms with E-state index in [9.17, 15) is 13.5 Å². The molecule has 0 unspecified atom stereocenters. The van der Waals surface area contributed by atoms with Crippen LogP contribution in [0.15, 0.2) is 11.2 Å². The number of aromatic amines is 1. The molecule has 0 saturated carbocycles. The molecule has 104 valence electrons. The lowest BCUT2D eigenvalue weighted by Crippen LogP contribution is -2.50. The third-order valence-corrected chi connectivity index (χ3v) is 4.72. The van der Waals surface area contributed by atoms with Crippen LogP contribution >= 0.6 is 0 Å². The van der Waals surface area contributed by atoms with Crippen LogP contribution in [-0.2, 0) is 16.4 Å². The summed E-state index contributed by atoms with van der Waals surface area (Å²) in [6.07, 6.45) is 2.98. The summed E-state index contributed by atoms with van der Waals surface area (Å²) in [5, 5.41) is 9.43. The van der Waals surface area contributed by atoms with E-state index in [1.807, 2.05) is 20.8 Å². The molecular weight excluding hydrogens is 254 g/mol. The molecule has 0 aliphatic heterocycles. The third kappa shape index (κ3) is 3.09. The summed E-state index contributed by atoms with van der Waals surface area (Å²) >= 11 is 0. The monoisotopic (exact) mass is 275 g/mol. The fourth-order valence-electron chi connectivity index (χ4n) is 1.65. The van der Waals surface area contributed by atoms with Gasteiger partial charge in [0.15, 0.2) is 5.03 Å².